The average Bonchev–Trinajstić information content (AvgIpc) is 2.82. The molecule has 10 heteroatoms. The second-order valence-corrected chi connectivity index (χ2v) is 6.09. The average molecular weight is 421 g/mol. The van der Waals surface area contributed by atoms with Crippen molar-refractivity contribution in [2.45, 2.75) is 6.92 Å². The Balaban J connectivity index is 0.000000285. The lowest BCUT2D eigenvalue weighted by Crippen LogP contribution is -2.29. The van der Waals surface area contributed by atoms with Gasteiger partial charge in [0.15, 0.2) is 5.84 Å². The Kier molecular flexibility index (Phi) is 9.11. The van der Waals surface area contributed by atoms with Gasteiger partial charge in [-0.1, -0.05) is 12.1 Å². The van der Waals surface area contributed by atoms with Crippen LogP contribution in [0.1, 0.15) is 26.3 Å². The first-order chi connectivity index (χ1) is 15.0. The van der Waals surface area contributed by atoms with Gasteiger partial charge in [0.1, 0.15) is 12.4 Å². The minimum Gasteiger partial charge on any atom is -0.486 e. The summed E-state index contributed by atoms with van der Waals surface area (Å²) in [6, 6.07) is 13.9. The van der Waals surface area contributed by atoms with Gasteiger partial charge in [0.25, 0.3) is 11.8 Å². The molecule has 0 atom stereocenters. The van der Waals surface area contributed by atoms with E-state index in [0.717, 1.165) is 5.56 Å². The van der Waals surface area contributed by atoms with Crippen LogP contribution >= 0.6 is 0 Å². The number of aryl methyl sites for hydroxylation is 1. The van der Waals surface area contributed by atoms with E-state index in [1.807, 2.05) is 36.6 Å². The zero-order valence-electron chi connectivity index (χ0n) is 16.9. The molecule has 31 heavy (non-hydrogen) atoms. The largest absolute Gasteiger partial charge is 0.486 e. The molecule has 0 saturated heterocycles. The third kappa shape index (κ3) is 8.30. The molecule has 3 rings (SSSR count). The van der Waals surface area contributed by atoms with E-state index >= 15 is 0 Å². The van der Waals surface area contributed by atoms with Crippen molar-refractivity contribution in [2.75, 3.05) is 6.61 Å². The Bertz CT molecular complexity index is 1010. The van der Waals surface area contributed by atoms with Crippen molar-refractivity contribution in [3.63, 3.8) is 0 Å². The predicted octanol–water partition coefficient (Wildman–Crippen LogP) is 1.16. The molecule has 1 aromatic carbocycles. The van der Waals surface area contributed by atoms with Crippen molar-refractivity contribution in [1.82, 2.24) is 20.8 Å². The smallest absolute Gasteiger partial charge is 0.271 e. The first-order valence-electron chi connectivity index (χ1n) is 9.12. The molecule has 0 aliphatic rings. The number of carbonyl (C=O) groups is 2. The van der Waals surface area contributed by atoms with Gasteiger partial charge in [-0.05, 0) is 48.9 Å². The number of hydrogen-bond donors (Lipinski definition) is 4. The number of nitrogen functional groups attached to an aromatic ring is 1. The number of amides is 2. The molecular weight excluding hydrogens is 398 g/mol. The van der Waals surface area contributed by atoms with E-state index < -0.39 is 0 Å². The molecule has 0 fully saturated rings. The van der Waals surface area contributed by atoms with Crippen LogP contribution in [0.4, 0.5) is 0 Å². The Morgan fingerprint density at radius 1 is 0.968 bits per heavy atom. The number of carbonyl (C=O) groups excluding carboxylic acids is 2. The zero-order chi connectivity index (χ0) is 22.5. The summed E-state index contributed by atoms with van der Waals surface area (Å²) in [5, 5.41) is 3.79. The van der Waals surface area contributed by atoms with Gasteiger partial charge in [-0.2, -0.15) is 5.10 Å². The van der Waals surface area contributed by atoms with Crippen LogP contribution in [0.2, 0.25) is 0 Å². The van der Waals surface area contributed by atoms with Gasteiger partial charge in [-0.25, -0.2) is 11.3 Å². The van der Waals surface area contributed by atoms with E-state index in [0.29, 0.717) is 16.9 Å². The van der Waals surface area contributed by atoms with E-state index in [4.69, 9.17) is 16.3 Å². The minimum absolute atomic E-state index is 0.0973. The van der Waals surface area contributed by atoms with E-state index in [2.05, 4.69) is 20.5 Å². The summed E-state index contributed by atoms with van der Waals surface area (Å²) in [6.45, 7) is 2.07. The van der Waals surface area contributed by atoms with Gasteiger partial charge >= 0.3 is 0 Å². The Morgan fingerprint density at radius 2 is 1.55 bits per heavy atom. The van der Waals surface area contributed by atoms with Crippen LogP contribution in [0.5, 0.6) is 5.75 Å². The van der Waals surface area contributed by atoms with E-state index in [1.165, 1.54) is 24.8 Å². The van der Waals surface area contributed by atoms with Crippen LogP contribution in [-0.4, -0.2) is 34.2 Å². The monoisotopic (exact) mass is 421 g/mol. The first kappa shape index (κ1) is 23.0. The van der Waals surface area contributed by atoms with Crippen LogP contribution in [0.15, 0.2) is 78.4 Å². The molecule has 3 aromatic rings. The number of nitrogens with two attached hydrogens (primary N) is 2. The Morgan fingerprint density at radius 3 is 2.10 bits per heavy atom. The highest BCUT2D eigenvalue weighted by molar-refractivity contribution is 5.95. The van der Waals surface area contributed by atoms with Crippen molar-refractivity contribution in [2.24, 2.45) is 16.7 Å². The van der Waals surface area contributed by atoms with E-state index in [1.54, 1.807) is 24.3 Å². The summed E-state index contributed by atoms with van der Waals surface area (Å²) in [4.78, 5) is 30.0. The molecule has 0 bridgehead atoms. The predicted molar refractivity (Wildman–Crippen MR) is 116 cm³/mol. The summed E-state index contributed by atoms with van der Waals surface area (Å²) in [5.41, 5.74) is 12.1. The molecule has 10 nitrogen and oxygen atoms in total. The van der Waals surface area contributed by atoms with Crippen molar-refractivity contribution in [3.8, 4) is 5.75 Å². The fourth-order valence-electron chi connectivity index (χ4n) is 2.17. The van der Waals surface area contributed by atoms with Gasteiger partial charge in [0.05, 0.1) is 0 Å². The van der Waals surface area contributed by atoms with Crippen molar-refractivity contribution in [1.29, 1.82) is 0 Å². The summed E-state index contributed by atoms with van der Waals surface area (Å²) in [7, 11) is 0. The molecule has 0 aliphatic carbocycles. The molecule has 0 radical (unpaired) electrons. The lowest BCUT2D eigenvalue weighted by molar-refractivity contribution is 0.0946. The highest BCUT2D eigenvalue weighted by Gasteiger charge is 2.04. The normalized spacial score (nSPS) is 10.3. The number of pyridine rings is 2. The number of rotatable bonds is 6. The molecule has 2 aromatic heterocycles. The molecule has 0 saturated carbocycles. The van der Waals surface area contributed by atoms with Crippen LogP contribution in [0.25, 0.3) is 0 Å². The maximum absolute atomic E-state index is 11.7. The van der Waals surface area contributed by atoms with Crippen molar-refractivity contribution in [3.05, 3.63) is 90.0 Å². The maximum atomic E-state index is 11.7. The number of ether oxygens (including phenoxy) is 1. The minimum atomic E-state index is -0.351. The maximum Gasteiger partial charge on any atom is 0.271 e. The summed E-state index contributed by atoms with van der Waals surface area (Å²) >= 11 is 0. The van der Waals surface area contributed by atoms with Crippen molar-refractivity contribution < 1.29 is 14.3 Å². The van der Waals surface area contributed by atoms with Gasteiger partial charge in [0, 0.05) is 35.9 Å². The highest BCUT2D eigenvalue weighted by atomic mass is 16.5. The molecule has 2 heterocycles. The van der Waals surface area contributed by atoms with E-state index in [-0.39, 0.29) is 24.3 Å². The van der Waals surface area contributed by atoms with Crippen LogP contribution in [0.3, 0.4) is 0 Å². The topological polar surface area (TPSA) is 158 Å². The molecule has 6 N–H and O–H groups in total. The fourth-order valence-corrected chi connectivity index (χ4v) is 2.17. The molecule has 160 valence electrons. The lowest BCUT2D eigenvalue weighted by Gasteiger charge is -2.06. The molecule has 0 aliphatic heterocycles. The molecule has 0 unspecified atom stereocenters. The second-order valence-electron chi connectivity index (χ2n) is 6.09. The number of nitrogens with zero attached hydrogens (tertiary/aromatic N) is 3. The summed E-state index contributed by atoms with van der Waals surface area (Å²) in [5.74, 6) is 5.11. The number of benzene rings is 1. The number of hydrogen-bond acceptors (Lipinski definition) is 7. The third-order valence-electron chi connectivity index (χ3n) is 3.69. The van der Waals surface area contributed by atoms with Crippen LogP contribution in [-0.2, 0) is 0 Å². The number of hydrazine groups is 1. The molecule has 0 spiro atoms. The highest BCUT2D eigenvalue weighted by Crippen LogP contribution is 2.11. The Hall–Kier alpha value is -4.31. The quantitative estimate of drug-likeness (QED) is 0.153. The fraction of sp³-hybridized carbons (Fsp3) is 0.0952. The van der Waals surface area contributed by atoms with Gasteiger partial charge < -0.3 is 10.5 Å². The number of aromatic nitrogens is 2. The Labute approximate surface area is 179 Å². The van der Waals surface area contributed by atoms with Crippen LogP contribution in [0, 0.1) is 6.92 Å². The molecular formula is C21H23N7O3. The molecule has 2 amide bonds. The number of amidine groups is 1. The van der Waals surface area contributed by atoms with Gasteiger partial charge in [-0.3, -0.25) is 25.0 Å². The standard InChI is InChI=1S/C15H16N4O2.C6H7N3O/c1-11-3-2-4-13(9-11)21-10-14(16)18-19-15(20)12-5-7-17-8-6-12;7-9-6(10)5-1-3-8-4-2-5/h2-9H,10H2,1H3,(H2,16,18)(H,19,20);1-4H,7H2,(H,9,10). The number of hydrazone groups is 1. The summed E-state index contributed by atoms with van der Waals surface area (Å²) < 4.78 is 5.47. The first-order valence-corrected chi connectivity index (χ1v) is 9.12. The van der Waals surface area contributed by atoms with Crippen LogP contribution < -0.4 is 27.2 Å². The third-order valence-corrected chi connectivity index (χ3v) is 3.69. The second kappa shape index (κ2) is 12.3. The number of nitrogens with one attached hydrogen (secondary N) is 2. The zero-order valence-corrected chi connectivity index (χ0v) is 16.9. The SMILES string of the molecule is Cc1cccc(OC/C(N)=N\NC(=O)c2ccncc2)c1.NNC(=O)c1ccncc1. The van der Waals surface area contributed by atoms with Crippen molar-refractivity contribution >= 4 is 17.6 Å². The summed E-state index contributed by atoms with van der Waals surface area (Å²) in [6.07, 6.45) is 6.13. The van der Waals surface area contributed by atoms with E-state index in [9.17, 15) is 9.59 Å². The van der Waals surface area contributed by atoms with Gasteiger partial charge in [-0.15, -0.1) is 0 Å². The lowest BCUT2D eigenvalue weighted by atomic mass is 10.2. The van der Waals surface area contributed by atoms with Gasteiger partial charge in [0.2, 0.25) is 0 Å².